The molecule has 37 heavy (non-hydrogen) atoms. The van der Waals surface area contributed by atoms with Gasteiger partial charge in [-0.2, -0.15) is 10.2 Å². The Hall–Kier alpha value is -3.98. The lowest BCUT2D eigenvalue weighted by atomic mass is 10.0. The summed E-state index contributed by atoms with van der Waals surface area (Å²) in [5.41, 5.74) is 3.45. The first kappa shape index (κ1) is 26.1. The van der Waals surface area contributed by atoms with E-state index in [4.69, 9.17) is 4.74 Å². The molecule has 1 amide bonds. The number of carbonyl (C=O) groups excluding carboxylic acids is 1. The van der Waals surface area contributed by atoms with E-state index >= 15 is 0 Å². The number of hydrogen-bond donors (Lipinski definition) is 1. The number of thioether (sulfide) groups is 1. The van der Waals surface area contributed by atoms with Gasteiger partial charge in [0.2, 0.25) is 5.91 Å². The highest BCUT2D eigenvalue weighted by Gasteiger charge is 2.14. The predicted octanol–water partition coefficient (Wildman–Crippen LogP) is 7.15. The van der Waals surface area contributed by atoms with Crippen LogP contribution in [0.2, 0.25) is 0 Å². The zero-order chi connectivity index (χ0) is 26.0. The van der Waals surface area contributed by atoms with Gasteiger partial charge in [0.25, 0.3) is 0 Å². The minimum Gasteiger partial charge on any atom is -0.486 e. The van der Waals surface area contributed by atoms with E-state index in [0.29, 0.717) is 35.6 Å². The van der Waals surface area contributed by atoms with Crippen LogP contribution in [0.4, 0.5) is 17.1 Å². The average molecular weight is 515 g/mol. The van der Waals surface area contributed by atoms with Crippen LogP contribution < -0.4 is 10.1 Å². The Kier molecular flexibility index (Phi) is 9.04. The smallest absolute Gasteiger partial charge is 0.234 e. The Morgan fingerprint density at radius 1 is 0.946 bits per heavy atom. The van der Waals surface area contributed by atoms with Crippen LogP contribution in [0.5, 0.6) is 5.75 Å². The number of rotatable bonds is 11. The fourth-order valence-corrected chi connectivity index (χ4v) is 4.32. The van der Waals surface area contributed by atoms with E-state index in [9.17, 15) is 4.79 Å². The van der Waals surface area contributed by atoms with Crippen LogP contribution in [0.25, 0.3) is 0 Å². The van der Waals surface area contributed by atoms with Gasteiger partial charge in [-0.1, -0.05) is 55.9 Å². The summed E-state index contributed by atoms with van der Waals surface area (Å²) in [4.78, 5) is 12.5. The van der Waals surface area contributed by atoms with E-state index in [-0.39, 0.29) is 11.7 Å². The molecule has 1 heterocycles. The second-order valence-electron chi connectivity index (χ2n) is 8.57. The van der Waals surface area contributed by atoms with Gasteiger partial charge in [0.15, 0.2) is 11.0 Å². The van der Waals surface area contributed by atoms with Crippen LogP contribution in [0, 0.1) is 0 Å². The van der Waals surface area contributed by atoms with Gasteiger partial charge in [-0.25, -0.2) is 0 Å². The third kappa shape index (κ3) is 7.50. The molecule has 190 valence electrons. The Morgan fingerprint density at radius 2 is 1.62 bits per heavy atom. The fourth-order valence-electron chi connectivity index (χ4n) is 3.50. The van der Waals surface area contributed by atoms with Crippen LogP contribution in [-0.2, 0) is 17.9 Å². The van der Waals surface area contributed by atoms with E-state index in [0.717, 1.165) is 17.3 Å². The lowest BCUT2D eigenvalue weighted by molar-refractivity contribution is -0.113. The molecule has 0 unspecified atom stereocenters. The van der Waals surface area contributed by atoms with Crippen LogP contribution >= 0.6 is 11.8 Å². The van der Waals surface area contributed by atoms with E-state index in [1.54, 1.807) is 12.1 Å². The van der Waals surface area contributed by atoms with Gasteiger partial charge >= 0.3 is 0 Å². The van der Waals surface area contributed by atoms with Gasteiger partial charge in [-0.3, -0.25) is 4.79 Å². The van der Waals surface area contributed by atoms with E-state index < -0.39 is 0 Å². The molecule has 0 spiro atoms. The molecule has 3 aromatic carbocycles. The molecular formula is C28H30N6O2S. The summed E-state index contributed by atoms with van der Waals surface area (Å²) in [7, 11) is 0. The second-order valence-corrected chi connectivity index (χ2v) is 9.52. The van der Waals surface area contributed by atoms with Crippen LogP contribution in [-0.4, -0.2) is 26.4 Å². The topological polar surface area (TPSA) is 93.8 Å². The van der Waals surface area contributed by atoms with Gasteiger partial charge in [0.05, 0.1) is 17.1 Å². The van der Waals surface area contributed by atoms with Crippen molar-refractivity contribution >= 4 is 34.7 Å². The van der Waals surface area contributed by atoms with E-state index in [1.165, 1.54) is 17.3 Å². The first-order chi connectivity index (χ1) is 18.0. The Bertz CT molecular complexity index is 1320. The number of carbonyl (C=O) groups is 1. The SMILES string of the molecule is CCn1c(COc2ccc(C(C)C)cc2)nnc1SCC(=O)Nc1ccc(N=Nc2ccccc2)cc1. The molecular weight excluding hydrogens is 484 g/mol. The Morgan fingerprint density at radius 3 is 2.27 bits per heavy atom. The molecule has 0 atom stereocenters. The van der Waals surface area contributed by atoms with Crippen molar-refractivity contribution in [2.45, 2.75) is 45.0 Å². The highest BCUT2D eigenvalue weighted by molar-refractivity contribution is 7.99. The first-order valence-electron chi connectivity index (χ1n) is 12.2. The monoisotopic (exact) mass is 514 g/mol. The number of anilines is 1. The first-order valence-corrected chi connectivity index (χ1v) is 13.1. The van der Waals surface area contributed by atoms with Crippen LogP contribution in [0.3, 0.4) is 0 Å². The van der Waals surface area contributed by atoms with Crippen molar-refractivity contribution in [2.75, 3.05) is 11.1 Å². The standard InChI is InChI=1S/C28H30N6O2S/c1-4-34-26(18-36-25-16-10-21(11-17-25)20(2)3)32-33-28(34)37-19-27(35)29-22-12-14-24(15-13-22)31-30-23-8-6-5-7-9-23/h5-17,20H,4,18-19H2,1-3H3,(H,29,35). The number of aromatic nitrogens is 3. The van der Waals surface area contributed by atoms with Gasteiger partial charge in [0.1, 0.15) is 12.4 Å². The van der Waals surface area contributed by atoms with Crippen molar-refractivity contribution in [1.29, 1.82) is 0 Å². The summed E-state index contributed by atoms with van der Waals surface area (Å²) < 4.78 is 7.88. The van der Waals surface area contributed by atoms with E-state index in [2.05, 4.69) is 51.7 Å². The number of nitrogens with one attached hydrogen (secondary N) is 1. The molecule has 8 nitrogen and oxygen atoms in total. The second kappa shape index (κ2) is 12.8. The van der Waals surface area contributed by atoms with Crippen molar-refractivity contribution in [2.24, 2.45) is 10.2 Å². The van der Waals surface area contributed by atoms with Gasteiger partial charge < -0.3 is 14.6 Å². The zero-order valence-corrected chi connectivity index (χ0v) is 22.0. The molecule has 0 aliphatic carbocycles. The quantitative estimate of drug-likeness (QED) is 0.169. The van der Waals surface area contributed by atoms with Crippen molar-refractivity contribution in [3.05, 3.63) is 90.3 Å². The lowest BCUT2D eigenvalue weighted by Crippen LogP contribution is -2.14. The zero-order valence-electron chi connectivity index (χ0n) is 21.2. The summed E-state index contributed by atoms with van der Waals surface area (Å²) in [5.74, 6) is 2.07. The maximum Gasteiger partial charge on any atom is 0.234 e. The van der Waals surface area contributed by atoms with E-state index in [1.807, 2.05) is 66.1 Å². The van der Waals surface area contributed by atoms with Crippen molar-refractivity contribution in [3.63, 3.8) is 0 Å². The molecule has 0 saturated carbocycles. The highest BCUT2D eigenvalue weighted by Crippen LogP contribution is 2.23. The molecule has 0 aliphatic rings. The predicted molar refractivity (Wildman–Crippen MR) is 147 cm³/mol. The Balaban J connectivity index is 1.27. The number of amides is 1. The van der Waals surface area contributed by atoms with Crippen LogP contribution in [0.15, 0.2) is 94.2 Å². The summed E-state index contributed by atoms with van der Waals surface area (Å²) in [6.45, 7) is 7.33. The third-order valence-corrected chi connectivity index (χ3v) is 6.51. The summed E-state index contributed by atoms with van der Waals surface area (Å²) in [6, 6.07) is 24.9. The molecule has 0 aliphatic heterocycles. The normalized spacial score (nSPS) is 11.2. The highest BCUT2D eigenvalue weighted by atomic mass is 32.2. The summed E-state index contributed by atoms with van der Waals surface area (Å²) in [6.07, 6.45) is 0. The largest absolute Gasteiger partial charge is 0.486 e. The third-order valence-electron chi connectivity index (χ3n) is 5.54. The molecule has 4 aromatic rings. The fraction of sp³-hybridized carbons (Fsp3) is 0.250. The molecule has 0 bridgehead atoms. The molecule has 1 N–H and O–H groups in total. The maximum absolute atomic E-state index is 12.5. The minimum absolute atomic E-state index is 0.127. The summed E-state index contributed by atoms with van der Waals surface area (Å²) in [5, 5.41) is 20.5. The van der Waals surface area contributed by atoms with Crippen LogP contribution in [0.1, 0.15) is 38.1 Å². The molecule has 9 heteroatoms. The Labute approximate surface area is 221 Å². The molecule has 4 rings (SSSR count). The summed E-state index contributed by atoms with van der Waals surface area (Å²) >= 11 is 1.34. The number of benzene rings is 3. The maximum atomic E-state index is 12.5. The van der Waals surface area contributed by atoms with Gasteiger partial charge in [-0.15, -0.1) is 10.2 Å². The van der Waals surface area contributed by atoms with Crippen molar-refractivity contribution in [3.8, 4) is 5.75 Å². The minimum atomic E-state index is -0.127. The van der Waals surface area contributed by atoms with Gasteiger partial charge in [0, 0.05) is 12.2 Å². The number of azo groups is 1. The number of ether oxygens (including phenoxy) is 1. The molecule has 0 saturated heterocycles. The van der Waals surface area contributed by atoms with Crippen molar-refractivity contribution < 1.29 is 9.53 Å². The molecule has 1 aromatic heterocycles. The number of nitrogens with zero attached hydrogens (tertiary/aromatic N) is 5. The van der Waals surface area contributed by atoms with Gasteiger partial charge in [-0.05, 0) is 66.9 Å². The number of hydrogen-bond acceptors (Lipinski definition) is 7. The van der Waals surface area contributed by atoms with Crippen molar-refractivity contribution in [1.82, 2.24) is 14.8 Å². The lowest BCUT2D eigenvalue weighted by Gasteiger charge is -2.10. The molecule has 0 fully saturated rings. The molecule has 0 radical (unpaired) electrons. The average Bonchev–Trinajstić information content (AvgIpc) is 3.33.